The highest BCUT2D eigenvalue weighted by atomic mass is 16.8. The molecule has 5 aliphatic rings. The Kier molecular flexibility index (Phi) is 17.5. The molecule has 61 heavy (non-hydrogen) atoms. The number of carbonyl (C=O) groups is 2. The van der Waals surface area contributed by atoms with Crippen molar-refractivity contribution in [2.45, 2.75) is 174 Å². The number of aliphatic hydroxyl groups is 14. The van der Waals surface area contributed by atoms with Crippen LogP contribution in [0.15, 0.2) is 0 Å². The zero-order valence-electron chi connectivity index (χ0n) is 33.0. The highest BCUT2D eigenvalue weighted by molar-refractivity contribution is 5.73. The summed E-state index contributed by atoms with van der Waals surface area (Å²) in [6, 6.07) is -3.30. The first-order chi connectivity index (χ1) is 28.8. The van der Waals surface area contributed by atoms with Gasteiger partial charge < -0.3 is 125 Å². The second-order valence-electron chi connectivity index (χ2n) is 15.4. The third-order valence-corrected chi connectivity index (χ3v) is 11.1. The summed E-state index contributed by atoms with van der Waals surface area (Å²) in [5.74, 6) is -1.55. The van der Waals surface area contributed by atoms with Crippen LogP contribution in [0.25, 0.3) is 0 Å². The van der Waals surface area contributed by atoms with Crippen molar-refractivity contribution in [1.82, 2.24) is 10.6 Å². The smallest absolute Gasteiger partial charge is 0.217 e. The Labute approximate surface area is 346 Å². The normalized spacial score (nSPS) is 49.6. The molecule has 0 aliphatic carbocycles. The van der Waals surface area contributed by atoms with Crippen LogP contribution in [0.1, 0.15) is 20.8 Å². The molecule has 0 radical (unpaired) electrons. The summed E-state index contributed by atoms with van der Waals surface area (Å²) in [6.45, 7) is -0.260. The van der Waals surface area contributed by atoms with Gasteiger partial charge in [0.25, 0.3) is 0 Å². The van der Waals surface area contributed by atoms with Crippen LogP contribution in [0.4, 0.5) is 0 Å². The van der Waals surface area contributed by atoms with Gasteiger partial charge in [-0.1, -0.05) is 0 Å². The van der Waals surface area contributed by atoms with Gasteiger partial charge in [-0.3, -0.25) is 9.59 Å². The van der Waals surface area contributed by atoms with Crippen molar-refractivity contribution in [2.75, 3.05) is 26.4 Å². The van der Waals surface area contributed by atoms with E-state index in [1.54, 1.807) is 0 Å². The summed E-state index contributed by atoms with van der Waals surface area (Å²) >= 11 is 0. The van der Waals surface area contributed by atoms with Crippen molar-refractivity contribution in [3.63, 3.8) is 0 Å². The van der Waals surface area contributed by atoms with Crippen molar-refractivity contribution in [1.29, 1.82) is 0 Å². The molecular weight excluding hydrogens is 836 g/mol. The lowest BCUT2D eigenvalue weighted by atomic mass is 9.93. The molecule has 5 saturated heterocycles. The minimum Gasteiger partial charge on any atom is -0.394 e. The van der Waals surface area contributed by atoms with Crippen molar-refractivity contribution in [2.24, 2.45) is 0 Å². The van der Waals surface area contributed by atoms with Gasteiger partial charge >= 0.3 is 0 Å². The largest absolute Gasteiger partial charge is 0.394 e. The van der Waals surface area contributed by atoms with E-state index < -0.39 is 192 Å². The lowest BCUT2D eigenvalue weighted by molar-refractivity contribution is -0.390. The number of hydrogen-bond donors (Lipinski definition) is 16. The summed E-state index contributed by atoms with van der Waals surface area (Å²) in [5.41, 5.74) is 0. The second kappa shape index (κ2) is 21.3. The van der Waals surface area contributed by atoms with Gasteiger partial charge in [0.2, 0.25) is 11.8 Å². The summed E-state index contributed by atoms with van der Waals surface area (Å²) in [6.07, 6.45) is -41.1. The van der Waals surface area contributed by atoms with Crippen LogP contribution in [0, 0.1) is 0 Å². The van der Waals surface area contributed by atoms with E-state index in [1.165, 1.54) is 6.92 Å². The quantitative estimate of drug-likeness (QED) is 0.0770. The molecule has 27 heteroatoms. The number of amides is 2. The van der Waals surface area contributed by atoms with Crippen LogP contribution < -0.4 is 10.6 Å². The lowest BCUT2D eigenvalue weighted by Gasteiger charge is -2.51. The molecule has 0 aromatic carbocycles. The first-order valence-electron chi connectivity index (χ1n) is 19.5. The van der Waals surface area contributed by atoms with E-state index in [4.69, 9.17) is 42.6 Å². The predicted octanol–water partition coefficient (Wildman–Crippen LogP) is -10.6. The number of aliphatic hydroxyl groups excluding tert-OH is 14. The SMILES string of the molecule is CC(=O)N[C@@H]1[C@@H](O[C@@H]2O[C@@H](C)[C@@H](O)[C@@H](O)[C@@H]2O)[C@H](O[C@@H]2O[C@H](CO)[C@@H](O[C@H]3O[C@H](CO)[C@@H](O)[C@H](O)[C@@H]3O[C@H]3O[C@H](CO)[C@@H](O)[C@H](O)[C@@H]3O)[C@H](O)[C@H]2NC(C)=O)[C@@H](CO)O[C@H]1O. The third-order valence-electron chi connectivity index (χ3n) is 11.1. The molecule has 5 aliphatic heterocycles. The van der Waals surface area contributed by atoms with E-state index in [-0.39, 0.29) is 0 Å². The molecule has 354 valence electrons. The molecule has 27 nitrogen and oxygen atoms in total. The first-order valence-corrected chi connectivity index (χ1v) is 19.5. The zero-order chi connectivity index (χ0) is 45.2. The monoisotopic (exact) mass is 894 g/mol. The predicted molar refractivity (Wildman–Crippen MR) is 188 cm³/mol. The van der Waals surface area contributed by atoms with E-state index in [0.29, 0.717) is 0 Å². The average Bonchev–Trinajstić information content (AvgIpc) is 3.22. The van der Waals surface area contributed by atoms with Gasteiger partial charge in [-0.25, -0.2) is 0 Å². The van der Waals surface area contributed by atoms with Gasteiger partial charge in [-0.05, 0) is 6.92 Å². The molecular formula is C34H58N2O25. The number of rotatable bonds is 14. The Bertz CT molecular complexity index is 1420. The van der Waals surface area contributed by atoms with Crippen LogP contribution in [-0.2, 0) is 52.2 Å². The van der Waals surface area contributed by atoms with Crippen molar-refractivity contribution < 1.29 is 124 Å². The number of nitrogens with one attached hydrogen (secondary N) is 2. The van der Waals surface area contributed by atoms with Gasteiger partial charge in [-0.2, -0.15) is 0 Å². The van der Waals surface area contributed by atoms with Gasteiger partial charge in [0.15, 0.2) is 31.5 Å². The maximum atomic E-state index is 12.6. The zero-order valence-corrected chi connectivity index (χ0v) is 33.0. The fraction of sp³-hybridized carbons (Fsp3) is 0.941. The Morgan fingerprint density at radius 1 is 0.426 bits per heavy atom. The van der Waals surface area contributed by atoms with Gasteiger partial charge in [-0.15, -0.1) is 0 Å². The minimum absolute atomic E-state index is 0.739. The molecule has 0 aromatic rings. The third kappa shape index (κ3) is 10.8. The van der Waals surface area contributed by atoms with E-state index in [0.717, 1.165) is 13.8 Å². The molecule has 0 aromatic heterocycles. The summed E-state index contributed by atoms with van der Waals surface area (Å²) in [4.78, 5) is 24.9. The molecule has 5 rings (SSSR count). The lowest BCUT2D eigenvalue weighted by Crippen LogP contribution is -2.71. The minimum atomic E-state index is -2.04. The molecule has 0 saturated carbocycles. The maximum absolute atomic E-state index is 12.6. The maximum Gasteiger partial charge on any atom is 0.217 e. The Balaban J connectivity index is 1.45. The van der Waals surface area contributed by atoms with Gasteiger partial charge in [0.1, 0.15) is 116 Å². The fourth-order valence-corrected chi connectivity index (χ4v) is 7.76. The van der Waals surface area contributed by atoms with E-state index in [1.807, 2.05) is 0 Å². The standard InChI is InChI=1S/C34H58N2O25/c1-8-17(43)21(47)24(50)32(53-8)60-28-16(36-10(3)42)30(52)54-14(7-40)27(28)59-31-15(35-9(2)41)20(46)26(13(6-39)57-31)58-34-29(23(49)19(45)12(5-38)56-34)61-33-25(51)22(48)18(44)11(4-37)55-33/h8,11-34,37-40,43-52H,4-7H2,1-3H3,(H,35,41)(H,36,42)/t8-,11+,12+,13+,14+,15+,16+,17+,18+,19+,20+,21+,22-,23-,24-,25-,26+,27+,28+,29-,30+,31-,32-,33+,34+/m0/s1. The topological polar surface area (TPSA) is 424 Å². The van der Waals surface area contributed by atoms with Gasteiger partial charge in [0, 0.05) is 13.8 Å². The second-order valence-corrected chi connectivity index (χ2v) is 15.4. The van der Waals surface area contributed by atoms with E-state index in [9.17, 15) is 81.1 Å². The fourth-order valence-electron chi connectivity index (χ4n) is 7.76. The highest BCUT2D eigenvalue weighted by Gasteiger charge is 2.57. The van der Waals surface area contributed by atoms with Crippen molar-refractivity contribution in [3.8, 4) is 0 Å². The van der Waals surface area contributed by atoms with Crippen LogP contribution in [0.5, 0.6) is 0 Å². The Morgan fingerprint density at radius 3 is 1.41 bits per heavy atom. The van der Waals surface area contributed by atoms with Crippen LogP contribution >= 0.6 is 0 Å². The molecule has 2 amide bonds. The molecule has 16 N–H and O–H groups in total. The number of carbonyl (C=O) groups excluding carboxylic acids is 2. The first kappa shape index (κ1) is 50.0. The van der Waals surface area contributed by atoms with Gasteiger partial charge in [0.05, 0.1) is 32.5 Å². The van der Waals surface area contributed by atoms with Crippen LogP contribution in [-0.4, -0.2) is 263 Å². The number of hydrogen-bond acceptors (Lipinski definition) is 25. The number of ether oxygens (including phenoxy) is 9. The van der Waals surface area contributed by atoms with Crippen molar-refractivity contribution in [3.05, 3.63) is 0 Å². The summed E-state index contributed by atoms with van der Waals surface area (Å²) < 4.78 is 52.0. The van der Waals surface area contributed by atoms with Crippen molar-refractivity contribution >= 4 is 11.8 Å². The average molecular weight is 895 g/mol. The molecule has 0 spiro atoms. The van der Waals surface area contributed by atoms with E-state index in [2.05, 4.69) is 10.6 Å². The summed E-state index contributed by atoms with van der Waals surface area (Å²) in [7, 11) is 0. The molecule has 5 fully saturated rings. The van der Waals surface area contributed by atoms with E-state index >= 15 is 0 Å². The van der Waals surface area contributed by atoms with Crippen LogP contribution in [0.2, 0.25) is 0 Å². The molecule has 25 atom stereocenters. The highest BCUT2D eigenvalue weighted by Crippen LogP contribution is 2.36. The van der Waals surface area contributed by atoms with Crippen LogP contribution in [0.3, 0.4) is 0 Å². The Hall–Kier alpha value is -1.98. The molecule has 0 unspecified atom stereocenters. The molecule has 0 bridgehead atoms. The summed E-state index contributed by atoms with van der Waals surface area (Å²) in [5, 5.41) is 153. The Morgan fingerprint density at radius 2 is 0.852 bits per heavy atom. The molecule has 5 heterocycles.